The van der Waals surface area contributed by atoms with E-state index in [2.05, 4.69) is 5.32 Å². The maximum Gasteiger partial charge on any atom is 0.329 e. The van der Waals surface area contributed by atoms with Crippen molar-refractivity contribution in [2.45, 2.75) is 40.3 Å². The molecule has 2 rings (SSSR count). The topological polar surface area (TPSA) is 64.6 Å². The molecular formula is C22H27NO4. The minimum Gasteiger partial charge on any atom is -0.493 e. The van der Waals surface area contributed by atoms with Crippen molar-refractivity contribution in [3.63, 3.8) is 0 Å². The standard InChI is InChI=1S/C22H27NO4/c1-5-26-19-13-9-8-12-18(19)21(24)23-20(15(2)3)22(25)27-14-17-11-7-6-10-16(17)4/h6-13,15,20H,5,14H2,1-4H3,(H,23,24)/t20-/m0/s1. The zero-order chi connectivity index (χ0) is 19.8. The molecule has 0 unspecified atom stereocenters. The van der Waals surface area contributed by atoms with Gasteiger partial charge in [-0.1, -0.05) is 50.2 Å². The summed E-state index contributed by atoms with van der Waals surface area (Å²) >= 11 is 0. The van der Waals surface area contributed by atoms with Gasteiger partial charge in [-0.2, -0.15) is 0 Å². The lowest BCUT2D eigenvalue weighted by Crippen LogP contribution is -2.45. The van der Waals surface area contributed by atoms with Crippen LogP contribution >= 0.6 is 0 Å². The van der Waals surface area contributed by atoms with Gasteiger partial charge < -0.3 is 14.8 Å². The Bertz CT molecular complexity index is 785. The molecule has 0 bridgehead atoms. The maximum absolute atomic E-state index is 12.7. The van der Waals surface area contributed by atoms with Crippen LogP contribution in [0.1, 0.15) is 42.3 Å². The van der Waals surface area contributed by atoms with Gasteiger partial charge in [0.05, 0.1) is 12.2 Å². The molecule has 27 heavy (non-hydrogen) atoms. The number of carbonyl (C=O) groups is 2. The Hall–Kier alpha value is -2.82. The zero-order valence-electron chi connectivity index (χ0n) is 16.3. The van der Waals surface area contributed by atoms with E-state index >= 15 is 0 Å². The third-order valence-corrected chi connectivity index (χ3v) is 4.27. The van der Waals surface area contributed by atoms with Gasteiger partial charge in [-0.05, 0) is 43.0 Å². The second kappa shape index (κ2) is 9.76. The van der Waals surface area contributed by atoms with Crippen molar-refractivity contribution in [2.75, 3.05) is 6.61 Å². The SMILES string of the molecule is CCOc1ccccc1C(=O)N[C@H](C(=O)OCc1ccccc1C)C(C)C. The summed E-state index contributed by atoms with van der Waals surface area (Å²) in [6.45, 7) is 8.20. The van der Waals surface area contributed by atoms with Gasteiger partial charge in [0.15, 0.2) is 0 Å². The van der Waals surface area contributed by atoms with Crippen LogP contribution < -0.4 is 10.1 Å². The first-order valence-electron chi connectivity index (χ1n) is 9.17. The molecule has 0 aliphatic carbocycles. The summed E-state index contributed by atoms with van der Waals surface area (Å²) in [5.41, 5.74) is 2.40. The maximum atomic E-state index is 12.7. The van der Waals surface area contributed by atoms with Crippen LogP contribution in [0.4, 0.5) is 0 Å². The molecule has 0 aliphatic rings. The zero-order valence-corrected chi connectivity index (χ0v) is 16.3. The van der Waals surface area contributed by atoms with E-state index in [0.717, 1.165) is 11.1 Å². The number of amides is 1. The lowest BCUT2D eigenvalue weighted by molar-refractivity contribution is -0.148. The number of hydrogen-bond acceptors (Lipinski definition) is 4. The summed E-state index contributed by atoms with van der Waals surface area (Å²) in [4.78, 5) is 25.3. The van der Waals surface area contributed by atoms with Crippen LogP contribution in [0.2, 0.25) is 0 Å². The van der Waals surface area contributed by atoms with E-state index in [1.165, 1.54) is 0 Å². The molecule has 144 valence electrons. The highest BCUT2D eigenvalue weighted by Crippen LogP contribution is 2.19. The van der Waals surface area contributed by atoms with Gasteiger partial charge in [0.25, 0.3) is 5.91 Å². The van der Waals surface area contributed by atoms with Crippen LogP contribution in [0, 0.1) is 12.8 Å². The Morgan fingerprint density at radius 2 is 1.70 bits per heavy atom. The summed E-state index contributed by atoms with van der Waals surface area (Å²) in [6.07, 6.45) is 0. The van der Waals surface area contributed by atoms with Crippen LogP contribution in [0.15, 0.2) is 48.5 Å². The quantitative estimate of drug-likeness (QED) is 0.717. The van der Waals surface area contributed by atoms with Gasteiger partial charge in [0.1, 0.15) is 18.4 Å². The Balaban J connectivity index is 2.07. The number of nitrogens with one attached hydrogen (secondary N) is 1. The van der Waals surface area contributed by atoms with Crippen molar-refractivity contribution in [3.05, 3.63) is 65.2 Å². The van der Waals surface area contributed by atoms with Gasteiger partial charge in [-0.15, -0.1) is 0 Å². The van der Waals surface area contributed by atoms with Crippen LogP contribution in [-0.2, 0) is 16.1 Å². The molecule has 0 saturated heterocycles. The molecule has 1 amide bonds. The van der Waals surface area contributed by atoms with Gasteiger partial charge >= 0.3 is 5.97 Å². The average Bonchev–Trinajstić information content (AvgIpc) is 2.65. The average molecular weight is 369 g/mol. The van der Waals surface area contributed by atoms with E-state index in [9.17, 15) is 9.59 Å². The first-order valence-corrected chi connectivity index (χ1v) is 9.17. The number of para-hydroxylation sites is 1. The highest BCUT2D eigenvalue weighted by atomic mass is 16.5. The van der Waals surface area contributed by atoms with Crippen LogP contribution in [0.25, 0.3) is 0 Å². The van der Waals surface area contributed by atoms with Crippen LogP contribution in [0.5, 0.6) is 5.75 Å². The van der Waals surface area contributed by atoms with Gasteiger partial charge in [0.2, 0.25) is 0 Å². The molecular weight excluding hydrogens is 342 g/mol. The van der Waals surface area contributed by atoms with E-state index in [4.69, 9.17) is 9.47 Å². The van der Waals surface area contributed by atoms with E-state index in [1.54, 1.807) is 24.3 Å². The van der Waals surface area contributed by atoms with E-state index in [-0.39, 0.29) is 18.4 Å². The number of hydrogen-bond donors (Lipinski definition) is 1. The highest BCUT2D eigenvalue weighted by Gasteiger charge is 2.27. The second-order valence-electron chi connectivity index (χ2n) is 6.66. The minimum absolute atomic E-state index is 0.113. The third kappa shape index (κ3) is 5.58. The largest absolute Gasteiger partial charge is 0.493 e. The molecule has 1 atom stereocenters. The first-order chi connectivity index (χ1) is 12.9. The van der Waals surface area contributed by atoms with Gasteiger partial charge in [-0.25, -0.2) is 4.79 Å². The monoisotopic (exact) mass is 369 g/mol. The van der Waals surface area contributed by atoms with Crippen molar-refractivity contribution in [1.29, 1.82) is 0 Å². The van der Waals surface area contributed by atoms with Crippen molar-refractivity contribution in [3.8, 4) is 5.75 Å². The molecule has 0 heterocycles. The molecule has 2 aromatic rings. The number of rotatable bonds is 8. The fraction of sp³-hybridized carbons (Fsp3) is 0.364. The van der Waals surface area contributed by atoms with Crippen LogP contribution in [-0.4, -0.2) is 24.5 Å². The molecule has 0 fully saturated rings. The van der Waals surface area contributed by atoms with Gasteiger partial charge in [0, 0.05) is 0 Å². The summed E-state index contributed by atoms with van der Waals surface area (Å²) in [5.74, 6) is -0.424. The number of benzene rings is 2. The molecule has 0 spiro atoms. The Morgan fingerprint density at radius 3 is 2.37 bits per heavy atom. The molecule has 5 nitrogen and oxygen atoms in total. The first kappa shape index (κ1) is 20.5. The molecule has 5 heteroatoms. The summed E-state index contributed by atoms with van der Waals surface area (Å²) in [5, 5.41) is 2.79. The Morgan fingerprint density at radius 1 is 1.04 bits per heavy atom. The summed E-state index contributed by atoms with van der Waals surface area (Å²) in [6, 6.07) is 14.0. The van der Waals surface area contributed by atoms with Crippen molar-refractivity contribution < 1.29 is 19.1 Å². The predicted octanol–water partition coefficient (Wildman–Crippen LogP) is 3.89. The number of carbonyl (C=O) groups excluding carboxylic acids is 2. The fourth-order valence-corrected chi connectivity index (χ4v) is 2.66. The smallest absolute Gasteiger partial charge is 0.329 e. The minimum atomic E-state index is -0.740. The third-order valence-electron chi connectivity index (χ3n) is 4.27. The highest BCUT2D eigenvalue weighted by molar-refractivity contribution is 5.99. The van der Waals surface area contributed by atoms with Crippen LogP contribution in [0.3, 0.4) is 0 Å². The van der Waals surface area contributed by atoms with Crippen molar-refractivity contribution in [2.24, 2.45) is 5.92 Å². The van der Waals surface area contributed by atoms with Crippen molar-refractivity contribution in [1.82, 2.24) is 5.32 Å². The fourth-order valence-electron chi connectivity index (χ4n) is 2.66. The number of ether oxygens (including phenoxy) is 2. The Labute approximate surface area is 160 Å². The van der Waals surface area contributed by atoms with Crippen molar-refractivity contribution >= 4 is 11.9 Å². The number of aryl methyl sites for hydroxylation is 1. The molecule has 0 aromatic heterocycles. The van der Waals surface area contributed by atoms with E-state index in [1.807, 2.05) is 52.0 Å². The summed E-state index contributed by atoms with van der Waals surface area (Å²) in [7, 11) is 0. The lowest BCUT2D eigenvalue weighted by atomic mass is 10.0. The Kier molecular flexibility index (Phi) is 7.41. The molecule has 1 N–H and O–H groups in total. The number of esters is 1. The molecule has 0 aliphatic heterocycles. The summed E-state index contributed by atoms with van der Waals surface area (Å²) < 4.78 is 11.0. The lowest BCUT2D eigenvalue weighted by Gasteiger charge is -2.21. The van der Waals surface area contributed by atoms with E-state index in [0.29, 0.717) is 17.9 Å². The molecule has 2 aromatic carbocycles. The van der Waals surface area contributed by atoms with Gasteiger partial charge in [-0.3, -0.25) is 4.79 Å². The molecule has 0 radical (unpaired) electrons. The second-order valence-corrected chi connectivity index (χ2v) is 6.66. The molecule has 0 saturated carbocycles. The van der Waals surface area contributed by atoms with E-state index < -0.39 is 12.0 Å². The normalized spacial score (nSPS) is 11.7. The predicted molar refractivity (Wildman–Crippen MR) is 105 cm³/mol.